The van der Waals surface area contributed by atoms with Gasteiger partial charge in [0.25, 0.3) is 5.89 Å². The van der Waals surface area contributed by atoms with Crippen molar-refractivity contribution in [3.8, 4) is 17.3 Å². The van der Waals surface area contributed by atoms with Gasteiger partial charge in [0.2, 0.25) is 11.8 Å². The largest absolute Gasteiger partial charge is 0.422 e. The van der Waals surface area contributed by atoms with E-state index in [0.717, 1.165) is 0 Å². The third-order valence-electron chi connectivity index (χ3n) is 3.24. The molecule has 0 aliphatic rings. The molecule has 0 bridgehead atoms. The van der Waals surface area contributed by atoms with Gasteiger partial charge in [-0.3, -0.25) is 0 Å². The number of hydrogen-bond acceptors (Lipinski definition) is 9. The van der Waals surface area contributed by atoms with Gasteiger partial charge in [-0.2, -0.15) is 9.87 Å². The normalized spacial score (nSPS) is 11.4. The maximum absolute atomic E-state index is 5.44. The maximum Gasteiger partial charge on any atom is 0.280 e. The number of pyridine rings is 1. The van der Waals surface area contributed by atoms with Gasteiger partial charge in [-0.1, -0.05) is 32.9 Å². The molecule has 0 fully saturated rings. The highest BCUT2D eigenvalue weighted by Crippen LogP contribution is 2.27. The lowest BCUT2D eigenvalue weighted by atomic mass is 10.2. The molecule has 0 saturated heterocycles. The SMILES string of the molecule is CC(C)c1noc(-c2ncccc2OOCc2nnc(C(C)C)o2)n1. The van der Waals surface area contributed by atoms with Gasteiger partial charge in [-0.05, 0) is 12.1 Å². The molecule has 0 atom stereocenters. The highest BCUT2D eigenvalue weighted by Gasteiger charge is 2.18. The molecule has 9 nitrogen and oxygen atoms in total. The van der Waals surface area contributed by atoms with Gasteiger partial charge in [0.15, 0.2) is 23.9 Å². The molecule has 0 saturated carbocycles. The van der Waals surface area contributed by atoms with Crippen molar-refractivity contribution in [2.24, 2.45) is 0 Å². The quantitative estimate of drug-likeness (QED) is 0.470. The Morgan fingerprint density at radius 1 is 1.12 bits per heavy atom. The Balaban J connectivity index is 1.68. The van der Waals surface area contributed by atoms with Crippen LogP contribution in [0.3, 0.4) is 0 Å². The van der Waals surface area contributed by atoms with Crippen molar-refractivity contribution in [3.63, 3.8) is 0 Å². The van der Waals surface area contributed by atoms with Crippen molar-refractivity contribution in [1.82, 2.24) is 25.3 Å². The topological polar surface area (TPSA) is 109 Å². The molecule has 3 aromatic rings. The zero-order valence-electron chi connectivity index (χ0n) is 14.5. The van der Waals surface area contributed by atoms with E-state index in [1.54, 1.807) is 18.3 Å². The van der Waals surface area contributed by atoms with Gasteiger partial charge in [0.05, 0.1) is 0 Å². The van der Waals surface area contributed by atoms with Crippen LogP contribution in [0.5, 0.6) is 5.75 Å². The zero-order valence-corrected chi connectivity index (χ0v) is 14.5. The summed E-state index contributed by atoms with van der Waals surface area (Å²) in [4.78, 5) is 19.0. The van der Waals surface area contributed by atoms with Crippen molar-refractivity contribution in [2.75, 3.05) is 0 Å². The van der Waals surface area contributed by atoms with E-state index in [4.69, 9.17) is 18.7 Å². The van der Waals surface area contributed by atoms with Crippen molar-refractivity contribution >= 4 is 0 Å². The van der Waals surface area contributed by atoms with Crippen LogP contribution in [-0.2, 0) is 11.5 Å². The minimum Gasteiger partial charge on any atom is -0.422 e. The summed E-state index contributed by atoms with van der Waals surface area (Å²) in [6.45, 7) is 7.89. The van der Waals surface area contributed by atoms with Crippen molar-refractivity contribution in [1.29, 1.82) is 0 Å². The van der Waals surface area contributed by atoms with Crippen LogP contribution in [0.1, 0.15) is 57.1 Å². The Morgan fingerprint density at radius 2 is 1.96 bits per heavy atom. The second-order valence-electron chi connectivity index (χ2n) is 6.00. The molecule has 0 aliphatic carbocycles. The second-order valence-corrected chi connectivity index (χ2v) is 6.00. The molecular formula is C16H19N5O4. The molecule has 0 N–H and O–H groups in total. The van der Waals surface area contributed by atoms with Crippen LogP contribution >= 0.6 is 0 Å². The number of aromatic nitrogens is 5. The first kappa shape index (κ1) is 17.0. The fourth-order valence-corrected chi connectivity index (χ4v) is 1.89. The monoisotopic (exact) mass is 345 g/mol. The summed E-state index contributed by atoms with van der Waals surface area (Å²) in [6.07, 6.45) is 1.61. The lowest BCUT2D eigenvalue weighted by Crippen LogP contribution is -2.00. The maximum atomic E-state index is 5.44. The molecule has 0 aromatic carbocycles. The molecule has 132 valence electrons. The van der Waals surface area contributed by atoms with Crippen LogP contribution < -0.4 is 4.89 Å². The summed E-state index contributed by atoms with van der Waals surface area (Å²) in [6, 6.07) is 3.40. The molecular weight excluding hydrogens is 326 g/mol. The average molecular weight is 345 g/mol. The summed E-state index contributed by atoms with van der Waals surface area (Å²) < 4.78 is 10.7. The lowest BCUT2D eigenvalue weighted by molar-refractivity contribution is -0.221. The van der Waals surface area contributed by atoms with Crippen LogP contribution in [0.25, 0.3) is 11.6 Å². The number of rotatable bonds is 7. The predicted molar refractivity (Wildman–Crippen MR) is 85.4 cm³/mol. The van der Waals surface area contributed by atoms with Crippen LogP contribution in [0.2, 0.25) is 0 Å². The Kier molecular flexibility index (Phi) is 5.03. The van der Waals surface area contributed by atoms with E-state index < -0.39 is 0 Å². The van der Waals surface area contributed by atoms with E-state index in [2.05, 4.69) is 25.3 Å². The fourth-order valence-electron chi connectivity index (χ4n) is 1.89. The van der Waals surface area contributed by atoms with Crippen LogP contribution in [0.15, 0.2) is 27.3 Å². The molecule has 0 spiro atoms. The first-order chi connectivity index (χ1) is 12.0. The average Bonchev–Trinajstić information content (AvgIpc) is 3.25. The number of nitrogens with zero attached hydrogens (tertiary/aromatic N) is 5. The third kappa shape index (κ3) is 4.00. The van der Waals surface area contributed by atoms with E-state index >= 15 is 0 Å². The van der Waals surface area contributed by atoms with Gasteiger partial charge in [-0.15, -0.1) is 10.2 Å². The van der Waals surface area contributed by atoms with Crippen LogP contribution in [0, 0.1) is 0 Å². The first-order valence-electron chi connectivity index (χ1n) is 7.95. The van der Waals surface area contributed by atoms with Crippen LogP contribution in [-0.4, -0.2) is 25.3 Å². The minimum atomic E-state index is 0.00906. The molecule has 3 rings (SSSR count). The summed E-state index contributed by atoms with van der Waals surface area (Å²) in [5.74, 6) is 2.39. The predicted octanol–water partition coefficient (Wildman–Crippen LogP) is 3.27. The highest BCUT2D eigenvalue weighted by molar-refractivity contribution is 5.56. The van der Waals surface area contributed by atoms with Crippen molar-refractivity contribution in [3.05, 3.63) is 35.9 Å². The van der Waals surface area contributed by atoms with Gasteiger partial charge >= 0.3 is 0 Å². The Bertz CT molecular complexity index is 827. The second kappa shape index (κ2) is 7.39. The fraction of sp³-hybridized carbons (Fsp3) is 0.438. The molecule has 0 radical (unpaired) electrons. The number of hydrogen-bond donors (Lipinski definition) is 0. The third-order valence-corrected chi connectivity index (χ3v) is 3.24. The summed E-state index contributed by atoms with van der Waals surface area (Å²) in [5.41, 5.74) is 0.398. The molecule has 0 aliphatic heterocycles. The summed E-state index contributed by atoms with van der Waals surface area (Å²) >= 11 is 0. The molecule has 0 amide bonds. The minimum absolute atomic E-state index is 0.00906. The molecule has 3 heterocycles. The van der Waals surface area contributed by atoms with Gasteiger partial charge in [-0.25, -0.2) is 4.98 Å². The van der Waals surface area contributed by atoms with E-state index in [9.17, 15) is 0 Å². The first-order valence-corrected chi connectivity index (χ1v) is 7.95. The smallest absolute Gasteiger partial charge is 0.280 e. The molecule has 3 aromatic heterocycles. The lowest BCUT2D eigenvalue weighted by Gasteiger charge is -2.05. The highest BCUT2D eigenvalue weighted by atomic mass is 17.2. The Morgan fingerprint density at radius 3 is 2.64 bits per heavy atom. The van der Waals surface area contributed by atoms with Crippen LogP contribution in [0.4, 0.5) is 0 Å². The molecule has 9 heteroatoms. The van der Waals surface area contributed by atoms with Gasteiger partial charge in [0.1, 0.15) is 0 Å². The van der Waals surface area contributed by atoms with Crippen molar-refractivity contribution < 1.29 is 18.7 Å². The zero-order chi connectivity index (χ0) is 17.8. The van der Waals surface area contributed by atoms with Gasteiger partial charge in [0, 0.05) is 18.0 Å². The van der Waals surface area contributed by atoms with E-state index in [0.29, 0.717) is 29.0 Å². The van der Waals surface area contributed by atoms with Gasteiger partial charge < -0.3 is 13.8 Å². The van der Waals surface area contributed by atoms with E-state index in [-0.39, 0.29) is 24.3 Å². The van der Waals surface area contributed by atoms with E-state index in [1.165, 1.54) is 0 Å². The summed E-state index contributed by atoms with van der Waals surface area (Å²) in [5, 5.41) is 11.7. The van der Waals surface area contributed by atoms with E-state index in [1.807, 2.05) is 27.7 Å². The standard InChI is InChI=1S/C16H19N5O4/c1-9(2)14-18-16(24-21-14)13-11(6-5-7-17-13)25-22-8-12-19-20-15(23-12)10(3)4/h5-7,9-10H,8H2,1-4H3. The Hall–Kier alpha value is -2.81. The Labute approximate surface area is 144 Å². The molecule has 25 heavy (non-hydrogen) atoms. The molecule has 0 unspecified atom stereocenters. The van der Waals surface area contributed by atoms with Crippen molar-refractivity contribution in [2.45, 2.75) is 46.1 Å². The summed E-state index contributed by atoms with van der Waals surface area (Å²) in [7, 11) is 0.